The molecule has 2 aromatic carbocycles. The van der Waals surface area contributed by atoms with Gasteiger partial charge in [-0.3, -0.25) is 9.59 Å². The molecule has 0 bridgehead atoms. The molecule has 6 heteroatoms. The minimum absolute atomic E-state index is 0.131. The highest BCUT2D eigenvalue weighted by atomic mass is 16.5. The Labute approximate surface area is 190 Å². The van der Waals surface area contributed by atoms with Crippen LogP contribution >= 0.6 is 0 Å². The third kappa shape index (κ3) is 4.55. The Hall–Kier alpha value is -3.12. The van der Waals surface area contributed by atoms with Crippen molar-refractivity contribution in [3.05, 3.63) is 70.3 Å². The molecule has 1 amide bonds. The van der Waals surface area contributed by atoms with Gasteiger partial charge in [0.05, 0.1) is 18.7 Å². The highest BCUT2D eigenvalue weighted by molar-refractivity contribution is 6.46. The van der Waals surface area contributed by atoms with Gasteiger partial charge in [0.15, 0.2) is 0 Å². The van der Waals surface area contributed by atoms with E-state index in [-0.39, 0.29) is 11.3 Å². The van der Waals surface area contributed by atoms with E-state index < -0.39 is 17.7 Å². The average Bonchev–Trinajstić information content (AvgIpc) is 3.04. The molecule has 1 N–H and O–H groups in total. The Morgan fingerprint density at radius 2 is 1.72 bits per heavy atom. The fraction of sp³-hybridized carbons (Fsp3) is 0.385. The van der Waals surface area contributed by atoms with E-state index in [4.69, 9.17) is 4.74 Å². The van der Waals surface area contributed by atoms with Crippen molar-refractivity contribution < 1.29 is 19.4 Å². The number of likely N-dealkylation sites (tertiary alicyclic amines) is 1. The van der Waals surface area contributed by atoms with Gasteiger partial charge in [0, 0.05) is 18.7 Å². The molecule has 6 nitrogen and oxygen atoms in total. The highest BCUT2D eigenvalue weighted by Crippen LogP contribution is 2.40. The molecule has 1 aliphatic rings. The molecule has 0 spiro atoms. The number of hydrogen-bond acceptors (Lipinski definition) is 5. The van der Waals surface area contributed by atoms with Crippen LogP contribution in [-0.4, -0.2) is 59.9 Å². The number of carbonyl (C=O) groups excluding carboxylic acids is 2. The van der Waals surface area contributed by atoms with E-state index in [0.29, 0.717) is 24.4 Å². The van der Waals surface area contributed by atoms with Crippen LogP contribution in [-0.2, 0) is 9.59 Å². The molecule has 2 aromatic rings. The third-order valence-corrected chi connectivity index (χ3v) is 6.17. The second-order valence-corrected chi connectivity index (χ2v) is 8.11. The maximum atomic E-state index is 13.2. The van der Waals surface area contributed by atoms with E-state index >= 15 is 0 Å². The topological polar surface area (TPSA) is 70.1 Å². The Kier molecular flexibility index (Phi) is 7.36. The predicted octanol–water partition coefficient (Wildman–Crippen LogP) is 4.08. The molecule has 1 saturated heterocycles. The summed E-state index contributed by atoms with van der Waals surface area (Å²) in [6.45, 7) is 10.8. The molecule has 1 fully saturated rings. The average molecular weight is 437 g/mol. The normalized spacial score (nSPS) is 17.9. The summed E-state index contributed by atoms with van der Waals surface area (Å²) in [5, 5.41) is 11.3. The van der Waals surface area contributed by atoms with Crippen LogP contribution in [0.2, 0.25) is 0 Å². The number of amides is 1. The minimum atomic E-state index is -0.650. The van der Waals surface area contributed by atoms with Gasteiger partial charge in [-0.2, -0.15) is 0 Å². The van der Waals surface area contributed by atoms with E-state index in [2.05, 4.69) is 18.7 Å². The Balaban J connectivity index is 2.12. The van der Waals surface area contributed by atoms with Crippen molar-refractivity contribution in [3.63, 3.8) is 0 Å². The molecule has 1 aliphatic heterocycles. The van der Waals surface area contributed by atoms with Crippen molar-refractivity contribution in [2.45, 2.75) is 33.7 Å². The van der Waals surface area contributed by atoms with Crippen LogP contribution in [0, 0.1) is 13.8 Å². The number of benzene rings is 2. The maximum absolute atomic E-state index is 13.2. The van der Waals surface area contributed by atoms with Crippen molar-refractivity contribution in [1.29, 1.82) is 0 Å². The van der Waals surface area contributed by atoms with E-state index in [0.717, 1.165) is 29.8 Å². The number of hydrogen-bond donors (Lipinski definition) is 1. The summed E-state index contributed by atoms with van der Waals surface area (Å²) >= 11 is 0. The second-order valence-electron chi connectivity index (χ2n) is 8.11. The van der Waals surface area contributed by atoms with E-state index in [1.165, 1.54) is 0 Å². The summed E-state index contributed by atoms with van der Waals surface area (Å²) in [5.41, 5.74) is 3.30. The standard InChI is InChI=1S/C26H32N2O4/c1-6-27(7-2)14-15-28-23(19-10-8-17(3)9-11-19)22(25(30)26(28)31)24(29)21-13-12-20(32-5)16-18(21)4/h8-13,16,23,29H,6-7,14-15H2,1-5H3/t23-/m1/s1. The van der Waals surface area contributed by atoms with Crippen molar-refractivity contribution in [1.82, 2.24) is 9.80 Å². The zero-order valence-corrected chi connectivity index (χ0v) is 19.5. The van der Waals surface area contributed by atoms with Gasteiger partial charge in [0.1, 0.15) is 11.5 Å². The molecule has 0 aromatic heterocycles. The van der Waals surface area contributed by atoms with Crippen LogP contribution in [0.5, 0.6) is 5.75 Å². The number of ketones is 1. The van der Waals surface area contributed by atoms with Gasteiger partial charge >= 0.3 is 0 Å². The van der Waals surface area contributed by atoms with Gasteiger partial charge in [0.25, 0.3) is 11.7 Å². The van der Waals surface area contributed by atoms with Gasteiger partial charge in [-0.05, 0) is 56.3 Å². The van der Waals surface area contributed by atoms with Crippen LogP contribution in [0.15, 0.2) is 48.0 Å². The number of rotatable bonds is 8. The minimum Gasteiger partial charge on any atom is -0.507 e. The lowest BCUT2D eigenvalue weighted by molar-refractivity contribution is -0.140. The zero-order valence-electron chi connectivity index (χ0n) is 19.5. The van der Waals surface area contributed by atoms with E-state index in [1.54, 1.807) is 30.2 Å². The molecule has 3 rings (SSSR count). The van der Waals surface area contributed by atoms with E-state index in [1.807, 2.05) is 38.1 Å². The van der Waals surface area contributed by atoms with E-state index in [9.17, 15) is 14.7 Å². The fourth-order valence-corrected chi connectivity index (χ4v) is 4.17. The van der Waals surface area contributed by atoms with Crippen molar-refractivity contribution in [3.8, 4) is 5.75 Å². The monoisotopic (exact) mass is 436 g/mol. The van der Waals surface area contributed by atoms with Crippen molar-refractivity contribution in [2.75, 3.05) is 33.3 Å². The molecule has 0 aliphatic carbocycles. The number of ether oxygens (including phenoxy) is 1. The molecule has 170 valence electrons. The zero-order chi connectivity index (χ0) is 23.4. The van der Waals surface area contributed by atoms with Crippen LogP contribution in [0.4, 0.5) is 0 Å². The first-order valence-corrected chi connectivity index (χ1v) is 11.0. The highest BCUT2D eigenvalue weighted by Gasteiger charge is 2.46. The summed E-state index contributed by atoms with van der Waals surface area (Å²) in [5.74, 6) is -0.716. The van der Waals surface area contributed by atoms with Gasteiger partial charge in [-0.15, -0.1) is 0 Å². The van der Waals surface area contributed by atoms with Crippen LogP contribution in [0.1, 0.15) is 42.1 Å². The number of aryl methyl sites for hydroxylation is 2. The second kappa shape index (κ2) is 10.0. The predicted molar refractivity (Wildman–Crippen MR) is 126 cm³/mol. The first-order chi connectivity index (χ1) is 15.3. The number of nitrogens with zero attached hydrogens (tertiary/aromatic N) is 2. The van der Waals surface area contributed by atoms with Crippen molar-refractivity contribution >= 4 is 17.4 Å². The molecule has 0 saturated carbocycles. The fourth-order valence-electron chi connectivity index (χ4n) is 4.17. The lowest BCUT2D eigenvalue weighted by Gasteiger charge is -2.28. The summed E-state index contributed by atoms with van der Waals surface area (Å²) in [7, 11) is 1.58. The summed E-state index contributed by atoms with van der Waals surface area (Å²) < 4.78 is 5.26. The third-order valence-electron chi connectivity index (χ3n) is 6.17. The SMILES string of the molecule is CCN(CC)CCN1C(=O)C(=O)C(=C(O)c2ccc(OC)cc2C)[C@H]1c1ccc(C)cc1. The lowest BCUT2D eigenvalue weighted by atomic mass is 9.93. The summed E-state index contributed by atoms with van der Waals surface area (Å²) in [6, 6.07) is 12.4. The Morgan fingerprint density at radius 1 is 1.06 bits per heavy atom. The van der Waals surface area contributed by atoms with Gasteiger partial charge in [0.2, 0.25) is 0 Å². The molecule has 32 heavy (non-hydrogen) atoms. The first-order valence-electron chi connectivity index (χ1n) is 11.0. The van der Waals surface area contributed by atoms with Crippen LogP contribution in [0.25, 0.3) is 5.76 Å². The smallest absolute Gasteiger partial charge is 0.295 e. The molecule has 1 heterocycles. The largest absolute Gasteiger partial charge is 0.507 e. The van der Waals surface area contributed by atoms with Gasteiger partial charge in [-0.1, -0.05) is 43.7 Å². The molecular weight excluding hydrogens is 404 g/mol. The number of methoxy groups -OCH3 is 1. The number of Topliss-reactive ketones (excluding diaryl/α,β-unsaturated/α-hetero) is 1. The van der Waals surface area contributed by atoms with Crippen LogP contribution in [0.3, 0.4) is 0 Å². The first kappa shape index (κ1) is 23.5. The molecular formula is C26H32N2O4. The number of likely N-dealkylation sites (N-methyl/N-ethyl adjacent to an activating group) is 1. The van der Waals surface area contributed by atoms with Gasteiger partial charge in [-0.25, -0.2) is 0 Å². The molecule has 1 atom stereocenters. The summed E-state index contributed by atoms with van der Waals surface area (Å²) in [6.07, 6.45) is 0. The Bertz CT molecular complexity index is 1020. The quantitative estimate of drug-likeness (QED) is 0.384. The maximum Gasteiger partial charge on any atom is 0.295 e. The molecule has 0 unspecified atom stereocenters. The summed E-state index contributed by atoms with van der Waals surface area (Å²) in [4.78, 5) is 30.0. The van der Waals surface area contributed by atoms with Crippen LogP contribution < -0.4 is 4.74 Å². The molecule has 0 radical (unpaired) electrons. The van der Waals surface area contributed by atoms with Crippen molar-refractivity contribution in [2.24, 2.45) is 0 Å². The lowest BCUT2D eigenvalue weighted by Crippen LogP contribution is -2.38. The number of carbonyl (C=O) groups is 2. The number of aliphatic hydroxyl groups is 1. The number of aliphatic hydroxyl groups excluding tert-OH is 1. The van der Waals surface area contributed by atoms with Gasteiger partial charge < -0.3 is 19.6 Å². The Morgan fingerprint density at radius 3 is 2.28 bits per heavy atom.